The molecule has 4 rings (SSSR count). The van der Waals surface area contributed by atoms with E-state index in [-0.39, 0.29) is 6.10 Å². The van der Waals surface area contributed by atoms with Gasteiger partial charge in [-0.25, -0.2) is 0 Å². The summed E-state index contributed by atoms with van der Waals surface area (Å²) in [5.41, 5.74) is 2.52. The first-order valence-electron chi connectivity index (χ1n) is 8.33. The van der Waals surface area contributed by atoms with Crippen LogP contribution in [-0.2, 0) is 12.0 Å². The van der Waals surface area contributed by atoms with Crippen molar-refractivity contribution in [3.8, 4) is 17.8 Å². The van der Waals surface area contributed by atoms with E-state index in [4.69, 9.17) is 9.47 Å². The largest absolute Gasteiger partial charge is 0.490 e. The molecule has 25 heavy (non-hydrogen) atoms. The summed E-state index contributed by atoms with van der Waals surface area (Å²) in [4.78, 5) is 4.50. The number of benzene rings is 2. The third-order valence-electron chi connectivity index (χ3n) is 4.57. The number of aromatic nitrogens is 2. The van der Waals surface area contributed by atoms with E-state index in [9.17, 15) is 5.26 Å². The van der Waals surface area contributed by atoms with Gasteiger partial charge in [0.05, 0.1) is 29.1 Å². The van der Waals surface area contributed by atoms with Crippen molar-refractivity contribution in [3.05, 3.63) is 54.1 Å². The van der Waals surface area contributed by atoms with Crippen molar-refractivity contribution in [2.24, 2.45) is 0 Å². The molecular formula is C20H19N3O2. The molecule has 5 heteroatoms. The van der Waals surface area contributed by atoms with Gasteiger partial charge in [-0.1, -0.05) is 24.3 Å². The number of hydrogen-bond acceptors (Lipinski definition) is 4. The highest BCUT2D eigenvalue weighted by Gasteiger charge is 2.27. The van der Waals surface area contributed by atoms with Gasteiger partial charge in [-0.05, 0) is 43.7 Å². The molecule has 0 fully saturated rings. The molecule has 2 aromatic carbocycles. The van der Waals surface area contributed by atoms with Gasteiger partial charge in [0, 0.05) is 0 Å². The fraction of sp³-hybridized carbons (Fsp3) is 0.300. The lowest BCUT2D eigenvalue weighted by Crippen LogP contribution is -2.23. The van der Waals surface area contributed by atoms with Crippen molar-refractivity contribution in [1.82, 2.24) is 9.55 Å². The second kappa shape index (κ2) is 5.82. The van der Waals surface area contributed by atoms with Crippen LogP contribution in [0.5, 0.6) is 11.8 Å². The Labute approximate surface area is 146 Å². The van der Waals surface area contributed by atoms with Gasteiger partial charge in [0.15, 0.2) is 6.10 Å². The molecule has 0 radical (unpaired) electrons. The summed E-state index contributed by atoms with van der Waals surface area (Å²) in [6.45, 7) is 5.00. The Bertz CT molecular complexity index is 951. The van der Waals surface area contributed by atoms with Gasteiger partial charge in [-0.15, -0.1) is 0 Å². The van der Waals surface area contributed by atoms with Crippen molar-refractivity contribution in [1.29, 1.82) is 5.26 Å². The molecule has 1 aliphatic heterocycles. The first-order valence-corrected chi connectivity index (χ1v) is 8.33. The van der Waals surface area contributed by atoms with Crippen LogP contribution in [0.2, 0.25) is 0 Å². The Morgan fingerprint density at radius 1 is 1.24 bits per heavy atom. The normalized spacial score (nSPS) is 16.3. The van der Waals surface area contributed by atoms with Crippen LogP contribution >= 0.6 is 0 Å². The highest BCUT2D eigenvalue weighted by Crippen LogP contribution is 2.28. The Balaban J connectivity index is 1.40. The topological polar surface area (TPSA) is 60.1 Å². The number of rotatable bonds is 4. The summed E-state index contributed by atoms with van der Waals surface area (Å²) in [6.07, 6.45) is -0.0534. The predicted octanol–water partition coefficient (Wildman–Crippen LogP) is 3.68. The molecule has 0 unspecified atom stereocenters. The highest BCUT2D eigenvalue weighted by molar-refractivity contribution is 5.76. The molecule has 5 nitrogen and oxygen atoms in total. The Morgan fingerprint density at radius 3 is 2.76 bits per heavy atom. The fourth-order valence-corrected chi connectivity index (χ4v) is 3.02. The van der Waals surface area contributed by atoms with Gasteiger partial charge in [0.25, 0.3) is 6.01 Å². The van der Waals surface area contributed by atoms with E-state index in [1.807, 2.05) is 62.4 Å². The molecular weight excluding hydrogens is 314 g/mol. The zero-order valence-corrected chi connectivity index (χ0v) is 14.3. The lowest BCUT2D eigenvalue weighted by molar-refractivity contribution is 0.144. The first kappa shape index (κ1) is 15.5. The summed E-state index contributed by atoms with van der Waals surface area (Å²) >= 11 is 0. The van der Waals surface area contributed by atoms with Gasteiger partial charge in [-0.2, -0.15) is 10.2 Å². The molecule has 0 bridgehead atoms. The Hall–Kier alpha value is -3.00. The summed E-state index contributed by atoms with van der Waals surface area (Å²) in [5, 5.41) is 9.20. The maximum atomic E-state index is 9.20. The van der Waals surface area contributed by atoms with Crippen molar-refractivity contribution in [2.75, 3.05) is 6.61 Å². The van der Waals surface area contributed by atoms with E-state index in [0.29, 0.717) is 12.6 Å². The zero-order valence-electron chi connectivity index (χ0n) is 14.3. The van der Waals surface area contributed by atoms with E-state index in [1.54, 1.807) is 0 Å². The summed E-state index contributed by atoms with van der Waals surface area (Å²) in [5.74, 6) is 0.774. The number of fused-ring (bicyclic) bond motifs is 3. The maximum absolute atomic E-state index is 9.20. The smallest absolute Gasteiger partial charge is 0.297 e. The summed E-state index contributed by atoms with van der Waals surface area (Å²) in [7, 11) is 0. The number of ether oxygens (including phenoxy) is 2. The van der Waals surface area contributed by atoms with Crippen molar-refractivity contribution >= 4 is 11.0 Å². The van der Waals surface area contributed by atoms with Crippen LogP contribution < -0.4 is 9.47 Å². The quantitative estimate of drug-likeness (QED) is 0.731. The van der Waals surface area contributed by atoms with Gasteiger partial charge in [-0.3, -0.25) is 4.57 Å². The van der Waals surface area contributed by atoms with Gasteiger partial charge in [0.2, 0.25) is 0 Å². The van der Waals surface area contributed by atoms with Gasteiger partial charge >= 0.3 is 0 Å². The molecule has 2 heterocycles. The number of imidazole rings is 1. The lowest BCUT2D eigenvalue weighted by atomic mass is 9.86. The van der Waals surface area contributed by atoms with E-state index in [2.05, 4.69) is 15.6 Å². The van der Waals surface area contributed by atoms with Crippen LogP contribution in [0.4, 0.5) is 0 Å². The molecule has 1 aromatic heterocycles. The van der Waals surface area contributed by atoms with Gasteiger partial charge in [0.1, 0.15) is 12.4 Å². The molecule has 0 aliphatic carbocycles. The number of nitriles is 1. The van der Waals surface area contributed by atoms with Crippen LogP contribution in [0.3, 0.4) is 0 Å². The second-order valence-electron chi connectivity index (χ2n) is 6.81. The second-order valence-corrected chi connectivity index (χ2v) is 6.81. The van der Waals surface area contributed by atoms with Crippen molar-refractivity contribution in [3.63, 3.8) is 0 Å². The third-order valence-corrected chi connectivity index (χ3v) is 4.57. The standard InChI is InChI=1S/C20H19N3O2/c1-20(2,13-21)14-7-9-15(10-8-14)24-12-16-11-23-18-6-4-3-5-17(18)22-19(23)25-16/h3-10,16H,11-12H2,1-2H3/t16-/m0/s1. The molecule has 1 aliphatic rings. The number of nitrogens with zero attached hydrogens (tertiary/aromatic N) is 3. The van der Waals surface area contributed by atoms with E-state index >= 15 is 0 Å². The molecule has 1 atom stereocenters. The average molecular weight is 333 g/mol. The monoisotopic (exact) mass is 333 g/mol. The van der Waals surface area contributed by atoms with E-state index < -0.39 is 5.41 Å². The van der Waals surface area contributed by atoms with Crippen molar-refractivity contribution in [2.45, 2.75) is 31.9 Å². The third kappa shape index (κ3) is 2.80. The minimum atomic E-state index is -0.497. The molecule has 0 N–H and O–H groups in total. The van der Waals surface area contributed by atoms with Gasteiger partial charge < -0.3 is 9.47 Å². The van der Waals surface area contributed by atoms with Crippen LogP contribution in [-0.4, -0.2) is 22.3 Å². The molecule has 126 valence electrons. The van der Waals surface area contributed by atoms with Crippen LogP contribution in [0.25, 0.3) is 11.0 Å². The summed E-state index contributed by atoms with van der Waals surface area (Å²) in [6, 6.07) is 18.6. The number of hydrogen-bond donors (Lipinski definition) is 0. The van der Waals surface area contributed by atoms with Crippen molar-refractivity contribution < 1.29 is 9.47 Å². The maximum Gasteiger partial charge on any atom is 0.297 e. The molecule has 3 aromatic rings. The van der Waals surface area contributed by atoms with E-state index in [0.717, 1.165) is 28.9 Å². The van der Waals surface area contributed by atoms with Crippen LogP contribution in [0, 0.1) is 11.3 Å². The molecule has 0 saturated heterocycles. The highest BCUT2D eigenvalue weighted by atomic mass is 16.6. The average Bonchev–Trinajstić information content (AvgIpc) is 3.17. The lowest BCUT2D eigenvalue weighted by Gasteiger charge is -2.16. The van der Waals surface area contributed by atoms with Crippen LogP contribution in [0.15, 0.2) is 48.5 Å². The van der Waals surface area contributed by atoms with E-state index in [1.165, 1.54) is 0 Å². The Kier molecular flexibility index (Phi) is 3.61. The molecule has 0 amide bonds. The summed E-state index contributed by atoms with van der Waals surface area (Å²) < 4.78 is 13.8. The zero-order chi connectivity index (χ0) is 17.4. The molecule has 0 saturated carbocycles. The predicted molar refractivity (Wildman–Crippen MR) is 94.7 cm³/mol. The SMILES string of the molecule is CC(C)(C#N)c1ccc(OC[C@@H]2Cn3c(nc4ccccc43)O2)cc1. The minimum absolute atomic E-state index is 0.0534. The fourth-order valence-electron chi connectivity index (χ4n) is 3.02. The Morgan fingerprint density at radius 2 is 2.00 bits per heavy atom. The molecule has 0 spiro atoms. The number of para-hydroxylation sites is 2. The minimum Gasteiger partial charge on any atom is -0.490 e. The first-order chi connectivity index (χ1) is 12.1. The van der Waals surface area contributed by atoms with Crippen LogP contribution in [0.1, 0.15) is 19.4 Å².